The van der Waals surface area contributed by atoms with Crippen molar-refractivity contribution >= 4 is 11.0 Å². The average Bonchev–Trinajstić information content (AvgIpc) is 3.72. The van der Waals surface area contributed by atoms with Crippen LogP contribution in [0.25, 0.3) is 83.9 Å². The summed E-state index contributed by atoms with van der Waals surface area (Å²) in [5.74, 6) is 0.969. The smallest absolute Gasteiger partial charge is 0.149 e. The number of phenolic OH excluding ortho intramolecular Hbond substituents is 1. The van der Waals surface area contributed by atoms with Gasteiger partial charge in [-0.05, 0) is 149 Å². The predicted octanol–water partition coefficient (Wildman–Crippen LogP) is 18.9. The Bertz CT molecular complexity index is 3490. The summed E-state index contributed by atoms with van der Waals surface area (Å²) in [6.45, 7) is 36.0. The highest BCUT2D eigenvalue weighted by Crippen LogP contribution is 2.46. The average molecular weight is 962 g/mol. The van der Waals surface area contributed by atoms with Crippen molar-refractivity contribution in [2.75, 3.05) is 0 Å². The standard InChI is InChI=1S/C69H75N3O/c1-43-33-47(49-35-53(66(5,6)7)40-54(36-49)67(8,9)10)29-30-60(43)72-61-24-20-23-56(62(61)71-64(72)57-41-55(68(11,12)13)42-58(63(57)73)69(14,15)16)50-34-51(38-52(37-50)65(2,3)4)59-39-48(31-32-70-59)46-27-25-45(26-28-46)44-21-18-17-19-22-44/h17-42,73H,1-16H3. The zero-order chi connectivity index (χ0) is 52.6. The monoisotopic (exact) mass is 962 g/mol. The molecule has 4 heteroatoms. The maximum absolute atomic E-state index is 12.6. The van der Waals surface area contributed by atoms with E-state index in [1.54, 1.807) is 0 Å². The molecular formula is C69H75N3O. The quantitative estimate of drug-likeness (QED) is 0.173. The van der Waals surface area contributed by atoms with Gasteiger partial charge < -0.3 is 5.11 Å². The maximum Gasteiger partial charge on any atom is 0.149 e. The molecule has 0 radical (unpaired) electrons. The van der Waals surface area contributed by atoms with Crippen molar-refractivity contribution in [3.63, 3.8) is 0 Å². The third-order valence-corrected chi connectivity index (χ3v) is 14.6. The molecule has 0 atom stereocenters. The molecule has 0 saturated heterocycles. The Kier molecular flexibility index (Phi) is 12.9. The third-order valence-electron chi connectivity index (χ3n) is 14.6. The summed E-state index contributed by atoms with van der Waals surface area (Å²) < 4.78 is 2.29. The lowest BCUT2D eigenvalue weighted by Gasteiger charge is -2.27. The van der Waals surface area contributed by atoms with Crippen LogP contribution in [-0.2, 0) is 27.1 Å². The Morgan fingerprint density at radius 3 is 1.51 bits per heavy atom. The number of aromatic nitrogens is 3. The van der Waals surface area contributed by atoms with Crippen molar-refractivity contribution in [2.45, 2.75) is 138 Å². The second-order valence-electron chi connectivity index (χ2n) is 25.6. The zero-order valence-electron chi connectivity index (χ0n) is 46.3. The highest BCUT2D eigenvalue weighted by molar-refractivity contribution is 5.97. The van der Waals surface area contributed by atoms with E-state index in [0.29, 0.717) is 5.82 Å². The Morgan fingerprint density at radius 1 is 0.397 bits per heavy atom. The molecule has 73 heavy (non-hydrogen) atoms. The van der Waals surface area contributed by atoms with E-state index < -0.39 is 0 Å². The molecule has 0 aliphatic rings. The fourth-order valence-corrected chi connectivity index (χ4v) is 9.93. The van der Waals surface area contributed by atoms with Gasteiger partial charge in [-0.15, -0.1) is 0 Å². The number of hydrogen-bond acceptors (Lipinski definition) is 3. The summed E-state index contributed by atoms with van der Waals surface area (Å²) in [7, 11) is 0. The van der Waals surface area contributed by atoms with Crippen molar-refractivity contribution in [3.8, 4) is 78.6 Å². The normalized spacial score (nSPS) is 12.7. The molecule has 0 amide bonds. The van der Waals surface area contributed by atoms with Crippen LogP contribution in [0.15, 0.2) is 158 Å². The van der Waals surface area contributed by atoms with Gasteiger partial charge in [-0.3, -0.25) is 9.55 Å². The molecule has 1 N–H and O–H groups in total. The largest absolute Gasteiger partial charge is 0.507 e. The molecular weight excluding hydrogens is 887 g/mol. The molecule has 372 valence electrons. The van der Waals surface area contributed by atoms with Crippen LogP contribution in [0.3, 0.4) is 0 Å². The molecule has 9 aromatic rings. The minimum atomic E-state index is -0.325. The maximum atomic E-state index is 12.6. The van der Waals surface area contributed by atoms with Crippen LogP contribution >= 0.6 is 0 Å². The Morgan fingerprint density at radius 2 is 0.918 bits per heavy atom. The van der Waals surface area contributed by atoms with E-state index in [-0.39, 0.29) is 32.8 Å². The summed E-state index contributed by atoms with van der Waals surface area (Å²) >= 11 is 0. The van der Waals surface area contributed by atoms with Crippen LogP contribution in [0.5, 0.6) is 5.75 Å². The predicted molar refractivity (Wildman–Crippen MR) is 311 cm³/mol. The summed E-state index contributed by atoms with van der Waals surface area (Å²) in [5.41, 5.74) is 21.0. The topological polar surface area (TPSA) is 50.9 Å². The van der Waals surface area contributed by atoms with Crippen molar-refractivity contribution in [1.29, 1.82) is 0 Å². The Hall–Kier alpha value is -7.04. The van der Waals surface area contributed by atoms with Gasteiger partial charge >= 0.3 is 0 Å². The van der Waals surface area contributed by atoms with Gasteiger partial charge in [-0.25, -0.2) is 4.98 Å². The number of aromatic hydroxyl groups is 1. The summed E-state index contributed by atoms with van der Waals surface area (Å²) in [6.07, 6.45) is 1.93. The number of benzene rings is 7. The van der Waals surface area contributed by atoms with Gasteiger partial charge in [-0.1, -0.05) is 207 Å². The lowest BCUT2D eigenvalue weighted by Crippen LogP contribution is -2.17. The number of pyridine rings is 1. The van der Waals surface area contributed by atoms with E-state index in [9.17, 15) is 5.11 Å². The first-order chi connectivity index (χ1) is 34.1. The lowest BCUT2D eigenvalue weighted by molar-refractivity contribution is 0.446. The second-order valence-corrected chi connectivity index (χ2v) is 25.6. The fourth-order valence-electron chi connectivity index (χ4n) is 9.93. The van der Waals surface area contributed by atoms with Crippen LogP contribution in [0.4, 0.5) is 0 Å². The van der Waals surface area contributed by atoms with Gasteiger partial charge in [0.25, 0.3) is 0 Å². The van der Waals surface area contributed by atoms with Crippen LogP contribution in [0.1, 0.15) is 137 Å². The van der Waals surface area contributed by atoms with Crippen molar-refractivity contribution in [2.24, 2.45) is 0 Å². The van der Waals surface area contributed by atoms with Gasteiger partial charge in [0.15, 0.2) is 0 Å². The summed E-state index contributed by atoms with van der Waals surface area (Å²) in [5, 5.41) is 12.6. The van der Waals surface area contributed by atoms with Crippen molar-refractivity contribution in [3.05, 3.63) is 191 Å². The number of phenols is 1. The summed E-state index contributed by atoms with van der Waals surface area (Å²) in [4.78, 5) is 10.7. The Balaban J connectivity index is 1.26. The van der Waals surface area contributed by atoms with Crippen LogP contribution in [0.2, 0.25) is 0 Å². The molecule has 7 aromatic carbocycles. The van der Waals surface area contributed by atoms with Crippen LogP contribution in [0, 0.1) is 6.92 Å². The number of imidazole rings is 1. The number of aryl methyl sites for hydroxylation is 1. The number of hydrogen-bond donors (Lipinski definition) is 1. The van der Waals surface area contributed by atoms with E-state index in [1.807, 2.05) is 6.20 Å². The van der Waals surface area contributed by atoms with Crippen LogP contribution < -0.4 is 0 Å². The molecule has 2 heterocycles. The molecule has 9 rings (SSSR count). The van der Waals surface area contributed by atoms with E-state index in [2.05, 4.69) is 267 Å². The van der Waals surface area contributed by atoms with Crippen molar-refractivity contribution in [1.82, 2.24) is 14.5 Å². The molecule has 4 nitrogen and oxygen atoms in total. The number of nitrogens with zero attached hydrogens (tertiary/aromatic N) is 3. The summed E-state index contributed by atoms with van der Waals surface area (Å²) in [6, 6.07) is 55.4. The molecule has 0 spiro atoms. The van der Waals surface area contributed by atoms with Gasteiger partial charge in [0.05, 0.1) is 28.0 Å². The molecule has 0 bridgehead atoms. The third kappa shape index (κ3) is 10.3. The SMILES string of the molecule is Cc1cc(-c2cc(C(C)(C)C)cc(C(C)(C)C)c2)ccc1-n1c(-c2cc(C(C)(C)C)cc(C(C)(C)C)c2O)nc2c(-c3cc(-c4cc(-c5ccc(-c6ccccc6)cc5)ccn4)cc(C(C)(C)C)c3)cccc21. The number of rotatable bonds is 7. The van der Waals surface area contributed by atoms with Gasteiger partial charge in [0.1, 0.15) is 11.6 Å². The molecule has 0 fully saturated rings. The van der Waals surface area contributed by atoms with Gasteiger partial charge in [-0.2, -0.15) is 0 Å². The first-order valence-corrected chi connectivity index (χ1v) is 26.1. The molecule has 2 aromatic heterocycles. The highest BCUT2D eigenvalue weighted by atomic mass is 16.3. The lowest BCUT2D eigenvalue weighted by atomic mass is 9.78. The van der Waals surface area contributed by atoms with Gasteiger partial charge in [0.2, 0.25) is 0 Å². The molecule has 0 aliphatic carbocycles. The van der Waals surface area contributed by atoms with E-state index >= 15 is 0 Å². The van der Waals surface area contributed by atoms with Gasteiger partial charge in [0, 0.05) is 22.9 Å². The van der Waals surface area contributed by atoms with E-state index in [4.69, 9.17) is 9.97 Å². The molecule has 0 saturated carbocycles. The first-order valence-electron chi connectivity index (χ1n) is 26.1. The molecule has 0 aliphatic heterocycles. The minimum Gasteiger partial charge on any atom is -0.507 e. The Labute approximate surface area is 436 Å². The second kappa shape index (κ2) is 18.5. The number of para-hydroxylation sites is 1. The highest BCUT2D eigenvalue weighted by Gasteiger charge is 2.30. The van der Waals surface area contributed by atoms with E-state index in [0.717, 1.165) is 72.5 Å². The fraction of sp³-hybridized carbons (Fsp3) is 0.304. The minimum absolute atomic E-state index is 0.00750. The zero-order valence-corrected chi connectivity index (χ0v) is 46.3. The first kappa shape index (κ1) is 50.9. The van der Waals surface area contributed by atoms with Crippen molar-refractivity contribution < 1.29 is 5.11 Å². The van der Waals surface area contributed by atoms with Crippen LogP contribution in [-0.4, -0.2) is 19.6 Å². The van der Waals surface area contributed by atoms with E-state index in [1.165, 1.54) is 38.9 Å². The molecule has 0 unspecified atom stereocenters. The number of fused-ring (bicyclic) bond motifs is 1.